The first-order valence-electron chi connectivity index (χ1n) is 6.06. The largest absolute Gasteiger partial charge is 0.341 e. The van der Waals surface area contributed by atoms with Gasteiger partial charge in [0.1, 0.15) is 0 Å². The van der Waals surface area contributed by atoms with Gasteiger partial charge in [0.25, 0.3) is 0 Å². The van der Waals surface area contributed by atoms with Crippen molar-refractivity contribution < 1.29 is 4.79 Å². The molecule has 0 saturated carbocycles. The first-order valence-corrected chi connectivity index (χ1v) is 6.06. The van der Waals surface area contributed by atoms with Crippen molar-refractivity contribution in [3.05, 3.63) is 0 Å². The Morgan fingerprint density at radius 1 is 1.33 bits per heavy atom. The van der Waals surface area contributed by atoms with E-state index in [0.29, 0.717) is 0 Å². The summed E-state index contributed by atoms with van der Waals surface area (Å²) in [5, 5.41) is 0. The number of nitrogens with two attached hydrogens (primary N) is 1. The number of likely N-dealkylation sites (tertiary alicyclic amines) is 1. The van der Waals surface area contributed by atoms with Crippen molar-refractivity contribution >= 4 is 5.91 Å². The molecule has 0 aliphatic carbocycles. The van der Waals surface area contributed by atoms with Gasteiger partial charge in [0.15, 0.2) is 0 Å². The van der Waals surface area contributed by atoms with E-state index in [1.807, 2.05) is 18.7 Å². The van der Waals surface area contributed by atoms with Gasteiger partial charge in [0, 0.05) is 13.1 Å². The van der Waals surface area contributed by atoms with Crippen molar-refractivity contribution in [1.29, 1.82) is 0 Å². The minimum absolute atomic E-state index is 0.138. The highest BCUT2D eigenvalue weighted by Crippen LogP contribution is 2.17. The molecule has 1 amide bonds. The molecule has 0 bridgehead atoms. The fourth-order valence-corrected chi connectivity index (χ4v) is 1.98. The van der Waals surface area contributed by atoms with Crippen LogP contribution in [0.1, 0.15) is 40.0 Å². The lowest BCUT2D eigenvalue weighted by molar-refractivity contribution is -0.133. The number of hydrogen-bond donors (Lipinski definition) is 1. The Morgan fingerprint density at radius 2 is 2.00 bits per heavy atom. The second-order valence-electron chi connectivity index (χ2n) is 5.13. The Hall–Kier alpha value is -0.570. The summed E-state index contributed by atoms with van der Waals surface area (Å²) in [6.45, 7) is 8.05. The van der Waals surface area contributed by atoms with Gasteiger partial charge in [-0.15, -0.1) is 0 Å². The number of hydrogen-bond acceptors (Lipinski definition) is 2. The molecule has 3 heteroatoms. The van der Waals surface area contributed by atoms with Gasteiger partial charge in [-0.3, -0.25) is 4.79 Å². The zero-order chi connectivity index (χ0) is 11.4. The number of nitrogens with zero attached hydrogens (tertiary/aromatic N) is 1. The van der Waals surface area contributed by atoms with Gasteiger partial charge in [0.2, 0.25) is 5.91 Å². The van der Waals surface area contributed by atoms with Gasteiger partial charge in [-0.25, -0.2) is 0 Å². The molecule has 1 aliphatic heterocycles. The van der Waals surface area contributed by atoms with Crippen LogP contribution in [-0.2, 0) is 4.79 Å². The average Bonchev–Trinajstić information content (AvgIpc) is 2.40. The van der Waals surface area contributed by atoms with E-state index < -0.39 is 0 Å². The number of carbonyl (C=O) groups excluding carboxylic acids is 1. The molecule has 1 unspecified atom stereocenters. The van der Waals surface area contributed by atoms with Gasteiger partial charge in [-0.2, -0.15) is 0 Å². The maximum absolute atomic E-state index is 12.0. The fraction of sp³-hybridized carbons (Fsp3) is 0.917. The fourth-order valence-electron chi connectivity index (χ4n) is 1.98. The molecule has 0 aromatic heterocycles. The van der Waals surface area contributed by atoms with Crippen LogP contribution in [0.25, 0.3) is 0 Å². The van der Waals surface area contributed by atoms with E-state index in [0.717, 1.165) is 31.8 Å². The number of carbonyl (C=O) groups is 1. The van der Waals surface area contributed by atoms with Crippen LogP contribution in [0.2, 0.25) is 0 Å². The highest BCUT2D eigenvalue weighted by atomic mass is 16.2. The molecule has 15 heavy (non-hydrogen) atoms. The van der Waals surface area contributed by atoms with E-state index in [2.05, 4.69) is 6.92 Å². The van der Waals surface area contributed by atoms with E-state index in [1.165, 1.54) is 6.42 Å². The Balaban J connectivity index is 2.52. The summed E-state index contributed by atoms with van der Waals surface area (Å²) < 4.78 is 0. The summed E-state index contributed by atoms with van der Waals surface area (Å²) in [5.74, 6) is 1.12. The molecule has 0 aromatic carbocycles. The summed E-state index contributed by atoms with van der Waals surface area (Å²) in [5.41, 5.74) is 5.89. The van der Waals surface area contributed by atoms with Crippen molar-refractivity contribution in [3.8, 4) is 0 Å². The van der Waals surface area contributed by atoms with Crippen LogP contribution in [0.15, 0.2) is 0 Å². The molecule has 1 heterocycles. The van der Waals surface area contributed by atoms with Gasteiger partial charge in [-0.05, 0) is 31.1 Å². The topological polar surface area (TPSA) is 46.3 Å². The van der Waals surface area contributed by atoms with E-state index in [9.17, 15) is 4.79 Å². The minimum atomic E-state index is -0.321. The molecule has 88 valence electrons. The molecule has 2 N–H and O–H groups in total. The normalized spacial score (nSPS) is 25.1. The standard InChI is InChI=1S/C12H24N2O/c1-9(2)11(13)12(15)14-7-4-5-10(3)6-8-14/h9-11H,4-8,13H2,1-3H3/t10?,11-/m1/s1. The quantitative estimate of drug-likeness (QED) is 0.756. The molecule has 1 fully saturated rings. The third-order valence-electron chi connectivity index (χ3n) is 3.33. The lowest BCUT2D eigenvalue weighted by atomic mass is 10.0. The third-order valence-corrected chi connectivity index (χ3v) is 3.33. The zero-order valence-electron chi connectivity index (χ0n) is 10.2. The first-order chi connectivity index (χ1) is 7.02. The highest BCUT2D eigenvalue weighted by Gasteiger charge is 2.24. The van der Waals surface area contributed by atoms with Gasteiger partial charge >= 0.3 is 0 Å². The zero-order valence-corrected chi connectivity index (χ0v) is 10.2. The lowest BCUT2D eigenvalue weighted by Crippen LogP contribution is -2.46. The summed E-state index contributed by atoms with van der Waals surface area (Å²) in [4.78, 5) is 14.0. The molecule has 0 radical (unpaired) electrons. The molecule has 1 aliphatic rings. The summed E-state index contributed by atoms with van der Waals surface area (Å²) in [7, 11) is 0. The molecule has 1 saturated heterocycles. The van der Waals surface area contributed by atoms with Crippen molar-refractivity contribution in [1.82, 2.24) is 4.90 Å². The van der Waals surface area contributed by atoms with Crippen LogP contribution in [0, 0.1) is 11.8 Å². The lowest BCUT2D eigenvalue weighted by Gasteiger charge is -2.25. The number of amides is 1. The molecule has 0 aromatic rings. The molecular weight excluding hydrogens is 188 g/mol. The summed E-state index contributed by atoms with van der Waals surface area (Å²) in [6.07, 6.45) is 3.48. The van der Waals surface area contributed by atoms with Crippen molar-refractivity contribution in [2.75, 3.05) is 13.1 Å². The highest BCUT2D eigenvalue weighted by molar-refractivity contribution is 5.81. The smallest absolute Gasteiger partial charge is 0.239 e. The van der Waals surface area contributed by atoms with Gasteiger partial charge in [0.05, 0.1) is 6.04 Å². The molecule has 2 atom stereocenters. The van der Waals surface area contributed by atoms with E-state index >= 15 is 0 Å². The third kappa shape index (κ3) is 3.49. The van der Waals surface area contributed by atoms with Crippen LogP contribution >= 0.6 is 0 Å². The Morgan fingerprint density at radius 3 is 2.60 bits per heavy atom. The Kier molecular flexibility index (Phi) is 4.58. The average molecular weight is 212 g/mol. The van der Waals surface area contributed by atoms with Crippen molar-refractivity contribution in [2.45, 2.75) is 46.1 Å². The molecule has 0 spiro atoms. The Labute approximate surface area is 93.0 Å². The van der Waals surface area contributed by atoms with Crippen LogP contribution in [0.5, 0.6) is 0 Å². The predicted molar refractivity (Wildman–Crippen MR) is 62.4 cm³/mol. The van der Waals surface area contributed by atoms with Crippen LogP contribution in [0.4, 0.5) is 0 Å². The summed E-state index contributed by atoms with van der Waals surface area (Å²) in [6, 6.07) is -0.321. The maximum Gasteiger partial charge on any atom is 0.239 e. The van der Waals surface area contributed by atoms with Crippen molar-refractivity contribution in [3.63, 3.8) is 0 Å². The van der Waals surface area contributed by atoms with E-state index in [1.54, 1.807) is 0 Å². The van der Waals surface area contributed by atoms with E-state index in [4.69, 9.17) is 5.73 Å². The minimum Gasteiger partial charge on any atom is -0.341 e. The van der Waals surface area contributed by atoms with E-state index in [-0.39, 0.29) is 17.9 Å². The number of rotatable bonds is 2. The predicted octanol–water partition coefficient (Wildman–Crippen LogP) is 1.62. The van der Waals surface area contributed by atoms with Crippen molar-refractivity contribution in [2.24, 2.45) is 17.6 Å². The second-order valence-corrected chi connectivity index (χ2v) is 5.13. The first kappa shape index (κ1) is 12.5. The van der Waals surface area contributed by atoms with Gasteiger partial charge < -0.3 is 10.6 Å². The SMILES string of the molecule is CC1CCCN(C(=O)[C@H](N)C(C)C)CC1. The molecule has 1 rings (SSSR count). The van der Waals surface area contributed by atoms with Crippen LogP contribution in [-0.4, -0.2) is 29.9 Å². The monoisotopic (exact) mass is 212 g/mol. The molecule has 3 nitrogen and oxygen atoms in total. The maximum atomic E-state index is 12.0. The second kappa shape index (κ2) is 5.50. The summed E-state index contributed by atoms with van der Waals surface area (Å²) >= 11 is 0. The van der Waals surface area contributed by atoms with Crippen LogP contribution < -0.4 is 5.73 Å². The molecular formula is C12H24N2O. The Bertz CT molecular complexity index is 216. The van der Waals surface area contributed by atoms with Gasteiger partial charge in [-0.1, -0.05) is 20.8 Å². The van der Waals surface area contributed by atoms with Crippen LogP contribution in [0.3, 0.4) is 0 Å².